The molecule has 3 rings (SSSR count). The van der Waals surface area contributed by atoms with Gasteiger partial charge < -0.3 is 19.9 Å². The maximum Gasteiger partial charge on any atom is 0.262 e. The molecule has 2 aromatic carbocycles. The molecule has 0 fully saturated rings. The molecule has 0 atom stereocenters. The Balaban J connectivity index is 1.93. The molecular weight excluding hydrogens is 424 g/mol. The van der Waals surface area contributed by atoms with E-state index in [0.29, 0.717) is 51.5 Å². The van der Waals surface area contributed by atoms with Crippen molar-refractivity contribution in [3.05, 3.63) is 62.1 Å². The fourth-order valence-corrected chi connectivity index (χ4v) is 3.61. The smallest absolute Gasteiger partial charge is 0.262 e. The van der Waals surface area contributed by atoms with E-state index in [9.17, 15) is 9.59 Å². The lowest BCUT2D eigenvalue weighted by Gasteiger charge is -2.18. The first-order valence-electron chi connectivity index (χ1n) is 9.36. The summed E-state index contributed by atoms with van der Waals surface area (Å²) in [6, 6.07) is 10.2. The molecular formula is C21H23ClN4O3S. The van der Waals surface area contributed by atoms with Crippen LogP contribution in [0.5, 0.6) is 0 Å². The van der Waals surface area contributed by atoms with Gasteiger partial charge in [0.2, 0.25) is 0 Å². The molecule has 9 heteroatoms. The van der Waals surface area contributed by atoms with Crippen LogP contribution in [0, 0.1) is 4.77 Å². The molecule has 0 spiro atoms. The monoisotopic (exact) mass is 446 g/mol. The molecule has 0 aliphatic carbocycles. The van der Waals surface area contributed by atoms with Gasteiger partial charge in [0.1, 0.15) is 0 Å². The number of carbonyl (C=O) groups excluding carboxylic acids is 1. The zero-order valence-corrected chi connectivity index (χ0v) is 18.6. The maximum atomic E-state index is 12.8. The molecule has 0 unspecified atom stereocenters. The predicted octanol–water partition coefficient (Wildman–Crippen LogP) is 4.07. The second kappa shape index (κ2) is 9.42. The van der Waals surface area contributed by atoms with Gasteiger partial charge in [-0.15, -0.1) is 0 Å². The number of hydrogen-bond acceptors (Lipinski definition) is 5. The predicted molar refractivity (Wildman–Crippen MR) is 124 cm³/mol. The number of nitrogens with one attached hydrogen (secondary N) is 2. The minimum atomic E-state index is -0.314. The van der Waals surface area contributed by atoms with Crippen molar-refractivity contribution < 1.29 is 9.53 Å². The molecule has 7 nitrogen and oxygen atoms in total. The van der Waals surface area contributed by atoms with Crippen molar-refractivity contribution in [2.24, 2.45) is 0 Å². The first-order chi connectivity index (χ1) is 14.3. The Morgan fingerprint density at radius 1 is 1.27 bits per heavy atom. The molecule has 0 saturated carbocycles. The largest absolute Gasteiger partial charge is 0.385 e. The van der Waals surface area contributed by atoms with Crippen molar-refractivity contribution in [1.82, 2.24) is 9.55 Å². The quantitative estimate of drug-likeness (QED) is 0.422. The van der Waals surface area contributed by atoms with Gasteiger partial charge in [-0.25, -0.2) is 0 Å². The van der Waals surface area contributed by atoms with Gasteiger partial charge in [0.15, 0.2) is 4.77 Å². The highest BCUT2D eigenvalue weighted by molar-refractivity contribution is 7.71. The minimum absolute atomic E-state index is 0.193. The van der Waals surface area contributed by atoms with E-state index >= 15 is 0 Å². The summed E-state index contributed by atoms with van der Waals surface area (Å²) in [7, 11) is 5.38. The number of halogens is 1. The van der Waals surface area contributed by atoms with Crippen LogP contribution in [-0.2, 0) is 11.3 Å². The van der Waals surface area contributed by atoms with Crippen LogP contribution in [-0.4, -0.2) is 43.3 Å². The molecule has 2 N–H and O–H groups in total. The molecule has 0 bridgehead atoms. The van der Waals surface area contributed by atoms with Crippen molar-refractivity contribution in [3.63, 3.8) is 0 Å². The molecule has 0 saturated heterocycles. The van der Waals surface area contributed by atoms with Crippen LogP contribution in [0.1, 0.15) is 16.8 Å². The second-order valence-electron chi connectivity index (χ2n) is 7.00. The molecule has 3 aromatic rings. The van der Waals surface area contributed by atoms with Gasteiger partial charge in [0.25, 0.3) is 11.5 Å². The van der Waals surface area contributed by atoms with Crippen LogP contribution in [0.4, 0.5) is 11.4 Å². The Hall–Kier alpha value is -2.68. The maximum absolute atomic E-state index is 12.8. The number of ether oxygens (including phenoxy) is 1. The molecule has 158 valence electrons. The Kier molecular flexibility index (Phi) is 6.91. The van der Waals surface area contributed by atoms with E-state index in [1.165, 1.54) is 4.57 Å². The molecule has 0 aliphatic heterocycles. The van der Waals surface area contributed by atoms with Gasteiger partial charge in [-0.2, -0.15) is 0 Å². The molecule has 1 amide bonds. The molecule has 0 aliphatic rings. The summed E-state index contributed by atoms with van der Waals surface area (Å²) in [4.78, 5) is 30.6. The SMILES string of the molecule is COCCCn1c(=S)[nH]c2cc(C(=O)Nc3cc(Cl)ccc3N(C)C)ccc2c1=O. The topological polar surface area (TPSA) is 79.4 Å². The van der Waals surface area contributed by atoms with Gasteiger partial charge in [-0.05, 0) is 55.0 Å². The Morgan fingerprint density at radius 2 is 2.03 bits per heavy atom. The van der Waals surface area contributed by atoms with Crippen LogP contribution < -0.4 is 15.8 Å². The van der Waals surface area contributed by atoms with Crippen molar-refractivity contribution in [2.45, 2.75) is 13.0 Å². The number of anilines is 2. The van der Waals surface area contributed by atoms with E-state index in [4.69, 9.17) is 28.6 Å². The third kappa shape index (κ3) is 4.72. The number of rotatable bonds is 7. The fourth-order valence-electron chi connectivity index (χ4n) is 3.16. The van der Waals surface area contributed by atoms with E-state index in [2.05, 4.69) is 10.3 Å². The fraction of sp³-hybridized carbons (Fsp3) is 0.286. The molecule has 1 heterocycles. The van der Waals surface area contributed by atoms with Crippen LogP contribution in [0.25, 0.3) is 10.9 Å². The number of nitrogens with zero attached hydrogens (tertiary/aromatic N) is 2. The number of H-pyrrole nitrogens is 1. The number of amides is 1. The van der Waals surface area contributed by atoms with Gasteiger partial charge in [-0.3, -0.25) is 14.2 Å². The summed E-state index contributed by atoms with van der Waals surface area (Å²) < 4.78 is 6.85. The lowest BCUT2D eigenvalue weighted by atomic mass is 10.1. The number of hydrogen-bond donors (Lipinski definition) is 2. The highest BCUT2D eigenvalue weighted by Crippen LogP contribution is 2.28. The highest BCUT2D eigenvalue weighted by atomic mass is 35.5. The summed E-state index contributed by atoms with van der Waals surface area (Å²) in [6.45, 7) is 0.999. The average Bonchev–Trinajstić information content (AvgIpc) is 2.70. The molecule has 1 aromatic heterocycles. The summed E-state index contributed by atoms with van der Waals surface area (Å²) in [5, 5.41) is 3.87. The normalized spacial score (nSPS) is 10.9. The summed E-state index contributed by atoms with van der Waals surface area (Å²) in [5.74, 6) is -0.314. The summed E-state index contributed by atoms with van der Waals surface area (Å²) in [6.07, 6.45) is 0.674. The Labute approximate surface area is 184 Å². The standard InChI is InChI=1S/C21H23ClN4O3S/c1-25(2)18-8-6-14(22)12-17(18)23-19(27)13-5-7-15-16(11-13)24-21(30)26(20(15)28)9-4-10-29-3/h5-8,11-12H,4,9-10H2,1-3H3,(H,23,27)(H,24,30). The Bertz CT molecular complexity index is 1200. The van der Waals surface area contributed by atoms with Gasteiger partial charge in [-0.1, -0.05) is 11.6 Å². The zero-order valence-electron chi connectivity index (χ0n) is 17.0. The third-order valence-electron chi connectivity index (χ3n) is 4.66. The first-order valence-corrected chi connectivity index (χ1v) is 10.1. The van der Waals surface area contributed by atoms with Crippen molar-refractivity contribution >= 4 is 52.0 Å². The average molecular weight is 447 g/mol. The molecule has 0 radical (unpaired) electrons. The number of aromatic nitrogens is 2. The minimum Gasteiger partial charge on any atom is -0.385 e. The summed E-state index contributed by atoms with van der Waals surface area (Å²) >= 11 is 11.4. The van der Waals surface area contributed by atoms with Crippen LogP contribution in [0.2, 0.25) is 5.02 Å². The highest BCUT2D eigenvalue weighted by Gasteiger charge is 2.13. The first kappa shape index (κ1) is 22.0. The van der Waals surface area contributed by atoms with Crippen molar-refractivity contribution in [1.29, 1.82) is 0 Å². The van der Waals surface area contributed by atoms with E-state index in [-0.39, 0.29) is 11.5 Å². The van der Waals surface area contributed by atoms with E-state index in [1.807, 2.05) is 25.1 Å². The van der Waals surface area contributed by atoms with Crippen LogP contribution in [0.15, 0.2) is 41.2 Å². The van der Waals surface area contributed by atoms with Crippen LogP contribution >= 0.6 is 23.8 Å². The van der Waals surface area contributed by atoms with Gasteiger partial charge in [0, 0.05) is 44.9 Å². The van der Waals surface area contributed by atoms with E-state index in [0.717, 1.165) is 5.69 Å². The Morgan fingerprint density at radius 3 is 2.73 bits per heavy atom. The van der Waals surface area contributed by atoms with E-state index in [1.54, 1.807) is 37.4 Å². The second-order valence-corrected chi connectivity index (χ2v) is 7.83. The zero-order chi connectivity index (χ0) is 21.8. The lowest BCUT2D eigenvalue weighted by Crippen LogP contribution is -2.23. The van der Waals surface area contributed by atoms with E-state index < -0.39 is 0 Å². The van der Waals surface area contributed by atoms with Crippen molar-refractivity contribution in [2.75, 3.05) is 38.0 Å². The number of fused-ring (bicyclic) bond motifs is 1. The van der Waals surface area contributed by atoms with Crippen LogP contribution in [0.3, 0.4) is 0 Å². The number of aromatic amines is 1. The van der Waals surface area contributed by atoms with Gasteiger partial charge in [0.05, 0.1) is 22.3 Å². The summed E-state index contributed by atoms with van der Waals surface area (Å²) in [5.41, 5.74) is 2.14. The number of carbonyl (C=O) groups is 1. The van der Waals surface area contributed by atoms with Gasteiger partial charge >= 0.3 is 0 Å². The van der Waals surface area contributed by atoms with Crippen molar-refractivity contribution in [3.8, 4) is 0 Å². The number of methoxy groups -OCH3 is 1. The number of benzene rings is 2. The lowest BCUT2D eigenvalue weighted by molar-refractivity contribution is 0.102. The third-order valence-corrected chi connectivity index (χ3v) is 5.22. The molecule has 30 heavy (non-hydrogen) atoms.